The summed E-state index contributed by atoms with van der Waals surface area (Å²) in [6, 6.07) is 29.4. The summed E-state index contributed by atoms with van der Waals surface area (Å²) in [7, 11) is 0. The molecule has 0 radical (unpaired) electrons. The van der Waals surface area contributed by atoms with Crippen molar-refractivity contribution in [3.05, 3.63) is 128 Å². The van der Waals surface area contributed by atoms with Crippen LogP contribution in [0.5, 0.6) is 0 Å². The molecule has 0 aliphatic rings. The lowest BCUT2D eigenvalue weighted by molar-refractivity contribution is 0.112. The van der Waals surface area contributed by atoms with Gasteiger partial charge in [0.1, 0.15) is 4.83 Å². The Kier molecular flexibility index (Phi) is 6.06. The largest absolute Gasteiger partial charge is 0.332 e. The van der Waals surface area contributed by atoms with Crippen LogP contribution in [0.3, 0.4) is 0 Å². The van der Waals surface area contributed by atoms with Crippen LogP contribution in [-0.2, 0) is 19.5 Å². The molecule has 34 heavy (non-hydrogen) atoms. The van der Waals surface area contributed by atoms with Gasteiger partial charge in [-0.25, -0.2) is 4.79 Å². The summed E-state index contributed by atoms with van der Waals surface area (Å²) in [5.41, 5.74) is 3.43. The highest BCUT2D eigenvalue weighted by molar-refractivity contribution is 7.20. The maximum atomic E-state index is 13.5. The minimum atomic E-state index is -0.363. The van der Waals surface area contributed by atoms with Gasteiger partial charge in [-0.1, -0.05) is 78.9 Å². The summed E-state index contributed by atoms with van der Waals surface area (Å²) in [4.78, 5) is 39.1. The molecule has 0 amide bonds. The highest BCUT2D eigenvalue weighted by Crippen LogP contribution is 2.24. The molecule has 2 heterocycles. The maximum absolute atomic E-state index is 13.5. The molecule has 3 aromatic carbocycles. The standard InChI is InChI=1S/C28H22N2O3S/c31-19-24-17-25-26(32)29(15-14-20-8-3-1-4-9-20)28(33)30(27(25)34-24)18-21-10-7-13-23(16-21)22-11-5-2-6-12-22/h1-13,16-17,19H,14-15,18H2. The van der Waals surface area contributed by atoms with Gasteiger partial charge in [0.25, 0.3) is 5.56 Å². The fourth-order valence-corrected chi connectivity index (χ4v) is 5.12. The summed E-state index contributed by atoms with van der Waals surface area (Å²) in [6.07, 6.45) is 1.29. The number of aldehydes is 1. The van der Waals surface area contributed by atoms with E-state index in [1.165, 1.54) is 15.9 Å². The number of aromatic nitrogens is 2. The molecule has 0 fully saturated rings. The maximum Gasteiger partial charge on any atom is 0.332 e. The third-order valence-corrected chi connectivity index (χ3v) is 6.96. The minimum Gasteiger partial charge on any atom is -0.297 e. The first-order valence-electron chi connectivity index (χ1n) is 11.0. The molecule has 0 unspecified atom stereocenters. The Morgan fingerprint density at radius 1 is 0.735 bits per heavy atom. The van der Waals surface area contributed by atoms with Crippen LogP contribution in [0.15, 0.2) is 101 Å². The molecule has 6 heteroatoms. The molecular formula is C28H22N2O3S. The van der Waals surface area contributed by atoms with Gasteiger partial charge in [-0.3, -0.25) is 18.7 Å². The van der Waals surface area contributed by atoms with Crippen molar-refractivity contribution < 1.29 is 4.79 Å². The number of fused-ring (bicyclic) bond motifs is 1. The second kappa shape index (κ2) is 9.45. The van der Waals surface area contributed by atoms with Crippen LogP contribution in [0, 0.1) is 0 Å². The van der Waals surface area contributed by atoms with E-state index in [9.17, 15) is 14.4 Å². The van der Waals surface area contributed by atoms with E-state index in [0.717, 1.165) is 28.5 Å². The number of hydrogen-bond acceptors (Lipinski definition) is 4. The fourth-order valence-electron chi connectivity index (χ4n) is 4.16. The van der Waals surface area contributed by atoms with Gasteiger partial charge in [0.15, 0.2) is 6.29 Å². The highest BCUT2D eigenvalue weighted by Gasteiger charge is 2.17. The zero-order valence-corrected chi connectivity index (χ0v) is 19.2. The molecule has 168 valence electrons. The lowest BCUT2D eigenvalue weighted by Gasteiger charge is -2.13. The minimum absolute atomic E-state index is 0.272. The van der Waals surface area contributed by atoms with E-state index in [2.05, 4.69) is 6.07 Å². The van der Waals surface area contributed by atoms with E-state index in [4.69, 9.17) is 0 Å². The first-order chi connectivity index (χ1) is 16.6. The quantitative estimate of drug-likeness (QED) is 0.317. The molecule has 0 atom stereocenters. The Bertz CT molecular complexity index is 1580. The second-order valence-corrected chi connectivity index (χ2v) is 9.18. The Hall–Kier alpha value is -4.03. The van der Waals surface area contributed by atoms with E-state index < -0.39 is 0 Å². The van der Waals surface area contributed by atoms with Gasteiger partial charge in [-0.05, 0) is 40.8 Å². The van der Waals surface area contributed by atoms with Crippen LogP contribution >= 0.6 is 11.3 Å². The van der Waals surface area contributed by atoms with Crippen LogP contribution in [-0.4, -0.2) is 15.4 Å². The number of thiophene rings is 1. The lowest BCUT2D eigenvalue weighted by Crippen LogP contribution is -2.40. The van der Waals surface area contributed by atoms with Crippen molar-refractivity contribution in [2.75, 3.05) is 0 Å². The summed E-state index contributed by atoms with van der Waals surface area (Å²) >= 11 is 1.18. The zero-order valence-electron chi connectivity index (χ0n) is 18.4. The van der Waals surface area contributed by atoms with Gasteiger partial charge in [0.2, 0.25) is 0 Å². The van der Waals surface area contributed by atoms with E-state index in [1.807, 2.05) is 78.9 Å². The van der Waals surface area contributed by atoms with Crippen LogP contribution in [0.25, 0.3) is 21.3 Å². The molecule has 0 saturated heterocycles. The van der Waals surface area contributed by atoms with E-state index in [-0.39, 0.29) is 17.8 Å². The normalized spacial score (nSPS) is 11.1. The number of aryl methyl sites for hydroxylation is 1. The van der Waals surface area contributed by atoms with Crippen LogP contribution < -0.4 is 11.2 Å². The van der Waals surface area contributed by atoms with Gasteiger partial charge >= 0.3 is 5.69 Å². The predicted molar refractivity (Wildman–Crippen MR) is 137 cm³/mol. The lowest BCUT2D eigenvalue weighted by atomic mass is 10.0. The monoisotopic (exact) mass is 466 g/mol. The van der Waals surface area contributed by atoms with Gasteiger partial charge in [0, 0.05) is 6.54 Å². The molecule has 2 aromatic heterocycles. The number of carbonyl (C=O) groups is 1. The van der Waals surface area contributed by atoms with E-state index in [0.29, 0.717) is 28.1 Å². The van der Waals surface area contributed by atoms with Gasteiger partial charge < -0.3 is 0 Å². The number of carbonyl (C=O) groups excluding carboxylic acids is 1. The SMILES string of the molecule is O=Cc1cc2c(=O)n(CCc3ccccc3)c(=O)n(Cc3cccc(-c4ccccc4)c3)c2s1. The molecule has 0 aliphatic carbocycles. The number of hydrogen-bond donors (Lipinski definition) is 0. The fraction of sp³-hybridized carbons (Fsp3) is 0.107. The van der Waals surface area contributed by atoms with Crippen molar-refractivity contribution in [3.63, 3.8) is 0 Å². The molecule has 0 bridgehead atoms. The summed E-state index contributed by atoms with van der Waals surface area (Å²) in [5, 5.41) is 0.402. The van der Waals surface area contributed by atoms with Crippen molar-refractivity contribution in [3.8, 4) is 11.1 Å². The second-order valence-electron chi connectivity index (χ2n) is 8.11. The molecule has 5 nitrogen and oxygen atoms in total. The average Bonchev–Trinajstić information content (AvgIpc) is 3.33. The van der Waals surface area contributed by atoms with Crippen molar-refractivity contribution in [2.45, 2.75) is 19.5 Å². The van der Waals surface area contributed by atoms with Crippen molar-refractivity contribution in [2.24, 2.45) is 0 Å². The molecule has 0 spiro atoms. The molecular weight excluding hydrogens is 444 g/mol. The summed E-state index contributed by atoms with van der Waals surface area (Å²) in [6.45, 7) is 0.578. The number of nitrogens with zero attached hydrogens (tertiary/aromatic N) is 2. The Labute approximate surface area is 200 Å². The molecule has 5 aromatic rings. The van der Waals surface area contributed by atoms with Gasteiger partial charge in [0.05, 0.1) is 16.8 Å². The van der Waals surface area contributed by atoms with Crippen LogP contribution in [0.4, 0.5) is 0 Å². The average molecular weight is 467 g/mol. The van der Waals surface area contributed by atoms with E-state index >= 15 is 0 Å². The van der Waals surface area contributed by atoms with Gasteiger partial charge in [-0.15, -0.1) is 11.3 Å². The Morgan fingerprint density at radius 3 is 2.15 bits per heavy atom. The first-order valence-corrected chi connectivity index (χ1v) is 11.9. The number of rotatable bonds is 7. The third kappa shape index (κ3) is 4.28. The first kappa shape index (κ1) is 21.8. The zero-order chi connectivity index (χ0) is 23.5. The highest BCUT2D eigenvalue weighted by atomic mass is 32.1. The number of benzene rings is 3. The topological polar surface area (TPSA) is 61.1 Å². The molecule has 0 N–H and O–H groups in total. The van der Waals surface area contributed by atoms with E-state index in [1.54, 1.807) is 10.6 Å². The Morgan fingerprint density at radius 2 is 1.41 bits per heavy atom. The smallest absolute Gasteiger partial charge is 0.297 e. The summed E-state index contributed by atoms with van der Waals surface area (Å²) in [5.74, 6) is 0. The summed E-state index contributed by atoms with van der Waals surface area (Å²) < 4.78 is 2.90. The van der Waals surface area contributed by atoms with Crippen molar-refractivity contribution >= 4 is 27.8 Å². The molecule has 0 saturated carbocycles. The van der Waals surface area contributed by atoms with Crippen LogP contribution in [0.1, 0.15) is 20.8 Å². The molecule has 0 aliphatic heterocycles. The third-order valence-electron chi connectivity index (χ3n) is 5.87. The Balaban J connectivity index is 1.59. The van der Waals surface area contributed by atoms with Crippen molar-refractivity contribution in [1.82, 2.24) is 9.13 Å². The van der Waals surface area contributed by atoms with Gasteiger partial charge in [-0.2, -0.15) is 0 Å². The molecule has 5 rings (SSSR count). The van der Waals surface area contributed by atoms with Crippen molar-refractivity contribution in [1.29, 1.82) is 0 Å². The predicted octanol–water partition coefficient (Wildman–Crippen LogP) is 5.00. The van der Waals surface area contributed by atoms with Crippen LogP contribution in [0.2, 0.25) is 0 Å².